The quantitative estimate of drug-likeness (QED) is 0.352. The topological polar surface area (TPSA) is 64.7 Å². The molecule has 0 aromatic heterocycles. The van der Waals surface area contributed by atoms with Crippen LogP contribution in [-0.4, -0.2) is 50.0 Å². The van der Waals surface area contributed by atoms with Crippen molar-refractivity contribution in [1.82, 2.24) is 20.9 Å². The van der Waals surface area contributed by atoms with Gasteiger partial charge in [-0.15, -0.1) is 0 Å². The third kappa shape index (κ3) is 5.63. The number of nitrogens with zero attached hydrogens (tertiary/aromatic N) is 2. The van der Waals surface area contributed by atoms with Gasteiger partial charge in [0.15, 0.2) is 0 Å². The van der Waals surface area contributed by atoms with Crippen molar-refractivity contribution >= 4 is 12.8 Å². The lowest BCUT2D eigenvalue weighted by Crippen LogP contribution is -2.42. The SMILES string of the molecule is CN(CCN(C)NC=O)NC=O. The van der Waals surface area contributed by atoms with Gasteiger partial charge in [-0.05, 0) is 0 Å². The molecule has 0 spiro atoms. The molecule has 0 heterocycles. The molecule has 0 unspecified atom stereocenters. The molecule has 12 heavy (non-hydrogen) atoms. The number of nitrogens with one attached hydrogen (secondary N) is 2. The number of hydrogen-bond acceptors (Lipinski definition) is 4. The average molecular weight is 174 g/mol. The van der Waals surface area contributed by atoms with Crippen LogP contribution in [0.1, 0.15) is 0 Å². The van der Waals surface area contributed by atoms with Crippen LogP contribution in [-0.2, 0) is 9.59 Å². The van der Waals surface area contributed by atoms with Gasteiger partial charge in [0.2, 0.25) is 12.8 Å². The van der Waals surface area contributed by atoms with Crippen LogP contribution >= 0.6 is 0 Å². The maximum atomic E-state index is 9.95. The Morgan fingerprint density at radius 1 is 1.00 bits per heavy atom. The van der Waals surface area contributed by atoms with Crippen molar-refractivity contribution < 1.29 is 9.59 Å². The lowest BCUT2D eigenvalue weighted by molar-refractivity contribution is -0.115. The Labute approximate surface area is 71.4 Å². The minimum Gasteiger partial charge on any atom is -0.292 e. The van der Waals surface area contributed by atoms with Crippen molar-refractivity contribution in [2.45, 2.75) is 0 Å². The van der Waals surface area contributed by atoms with Crippen LogP contribution in [0.5, 0.6) is 0 Å². The molecular formula is C6H14N4O2. The molecule has 0 radical (unpaired) electrons. The molecule has 0 bridgehead atoms. The van der Waals surface area contributed by atoms with E-state index in [1.807, 2.05) is 0 Å². The Kier molecular flexibility index (Phi) is 5.94. The molecule has 0 aromatic rings. The van der Waals surface area contributed by atoms with Gasteiger partial charge in [0.25, 0.3) is 0 Å². The van der Waals surface area contributed by atoms with Crippen molar-refractivity contribution in [3.05, 3.63) is 0 Å². The van der Waals surface area contributed by atoms with Crippen LogP contribution in [0.15, 0.2) is 0 Å². The highest BCUT2D eigenvalue weighted by Crippen LogP contribution is 1.76. The molecule has 0 saturated heterocycles. The van der Waals surface area contributed by atoms with E-state index >= 15 is 0 Å². The molecule has 70 valence electrons. The van der Waals surface area contributed by atoms with Crippen molar-refractivity contribution in [3.63, 3.8) is 0 Å². The van der Waals surface area contributed by atoms with Crippen LogP contribution in [0, 0.1) is 0 Å². The monoisotopic (exact) mass is 174 g/mol. The predicted molar refractivity (Wildman–Crippen MR) is 43.7 cm³/mol. The van der Waals surface area contributed by atoms with Crippen LogP contribution in [0.4, 0.5) is 0 Å². The Morgan fingerprint density at radius 2 is 1.33 bits per heavy atom. The summed E-state index contributed by atoms with van der Waals surface area (Å²) >= 11 is 0. The van der Waals surface area contributed by atoms with Crippen molar-refractivity contribution in [2.75, 3.05) is 27.2 Å². The lowest BCUT2D eigenvalue weighted by Gasteiger charge is -2.19. The first-order valence-electron chi connectivity index (χ1n) is 3.52. The number of rotatable bonds is 7. The summed E-state index contributed by atoms with van der Waals surface area (Å²) in [6, 6.07) is 0. The smallest absolute Gasteiger partial charge is 0.221 e. The van der Waals surface area contributed by atoms with Gasteiger partial charge in [0.1, 0.15) is 0 Å². The van der Waals surface area contributed by atoms with Gasteiger partial charge in [0.05, 0.1) is 0 Å². The Hall–Kier alpha value is -1.14. The second kappa shape index (κ2) is 6.56. The second-order valence-corrected chi connectivity index (χ2v) is 2.34. The first-order chi connectivity index (χ1) is 5.70. The second-order valence-electron chi connectivity index (χ2n) is 2.34. The van der Waals surface area contributed by atoms with E-state index in [1.54, 1.807) is 24.1 Å². The first kappa shape index (κ1) is 10.9. The molecule has 6 nitrogen and oxygen atoms in total. The van der Waals surface area contributed by atoms with E-state index in [-0.39, 0.29) is 0 Å². The van der Waals surface area contributed by atoms with E-state index in [1.165, 1.54) is 0 Å². The predicted octanol–water partition coefficient (Wildman–Crippen LogP) is -1.83. The molecule has 0 atom stereocenters. The molecule has 0 rings (SSSR count). The van der Waals surface area contributed by atoms with Crippen LogP contribution < -0.4 is 10.9 Å². The largest absolute Gasteiger partial charge is 0.292 e. The highest BCUT2D eigenvalue weighted by Gasteiger charge is 1.98. The summed E-state index contributed by atoms with van der Waals surface area (Å²) in [5, 5.41) is 3.24. The fraction of sp³-hybridized carbons (Fsp3) is 0.667. The normalized spacial score (nSPS) is 10.0. The summed E-state index contributed by atoms with van der Waals surface area (Å²) in [5.74, 6) is 0. The van der Waals surface area contributed by atoms with Crippen molar-refractivity contribution in [1.29, 1.82) is 0 Å². The van der Waals surface area contributed by atoms with Crippen molar-refractivity contribution in [3.8, 4) is 0 Å². The Bertz CT molecular complexity index is 126. The van der Waals surface area contributed by atoms with E-state index in [0.29, 0.717) is 25.9 Å². The van der Waals surface area contributed by atoms with E-state index in [4.69, 9.17) is 0 Å². The summed E-state index contributed by atoms with van der Waals surface area (Å²) in [4.78, 5) is 19.9. The zero-order valence-corrected chi connectivity index (χ0v) is 7.28. The molecule has 2 N–H and O–H groups in total. The average Bonchev–Trinajstić information content (AvgIpc) is 2.02. The Morgan fingerprint density at radius 3 is 1.58 bits per heavy atom. The van der Waals surface area contributed by atoms with E-state index in [0.717, 1.165) is 0 Å². The maximum Gasteiger partial charge on any atom is 0.221 e. The number of hydrazine groups is 2. The minimum atomic E-state index is 0.604. The third-order valence-electron chi connectivity index (χ3n) is 1.32. The van der Waals surface area contributed by atoms with Gasteiger partial charge < -0.3 is 0 Å². The molecule has 2 amide bonds. The molecule has 6 heteroatoms. The lowest BCUT2D eigenvalue weighted by atomic mass is 10.6. The number of likely N-dealkylation sites (N-methyl/N-ethyl adjacent to an activating group) is 2. The van der Waals surface area contributed by atoms with Gasteiger partial charge >= 0.3 is 0 Å². The fourth-order valence-corrected chi connectivity index (χ4v) is 0.609. The first-order valence-corrected chi connectivity index (χ1v) is 3.52. The highest BCUT2D eigenvalue weighted by molar-refractivity contribution is 5.45. The standard InChI is InChI=1S/C6H14N4O2/c1-9(7-5-11)3-4-10(2)8-6-12/h5-6H,3-4H2,1-2H3,(H,7,11)(H,8,12). The van der Waals surface area contributed by atoms with E-state index < -0.39 is 0 Å². The van der Waals surface area contributed by atoms with Crippen molar-refractivity contribution in [2.24, 2.45) is 0 Å². The minimum absolute atomic E-state index is 0.604. The van der Waals surface area contributed by atoms with Gasteiger partial charge in [-0.1, -0.05) is 0 Å². The summed E-state index contributed by atoms with van der Waals surface area (Å²) < 4.78 is 0. The summed E-state index contributed by atoms with van der Waals surface area (Å²) in [7, 11) is 3.48. The highest BCUT2D eigenvalue weighted by atomic mass is 16.1. The molecule has 0 aliphatic carbocycles. The zero-order chi connectivity index (χ0) is 9.40. The maximum absolute atomic E-state index is 9.95. The molecule has 0 aliphatic heterocycles. The van der Waals surface area contributed by atoms with E-state index in [9.17, 15) is 9.59 Å². The van der Waals surface area contributed by atoms with Crippen LogP contribution in [0.3, 0.4) is 0 Å². The molecule has 0 aliphatic rings. The third-order valence-corrected chi connectivity index (χ3v) is 1.32. The molecule has 0 saturated carbocycles. The van der Waals surface area contributed by atoms with Gasteiger partial charge in [-0.25, -0.2) is 10.0 Å². The number of amides is 2. The fourth-order valence-electron chi connectivity index (χ4n) is 0.609. The van der Waals surface area contributed by atoms with Gasteiger partial charge in [-0.2, -0.15) is 0 Å². The summed E-state index contributed by atoms with van der Waals surface area (Å²) in [6.45, 7) is 1.27. The number of carbonyl (C=O) groups is 2. The molecule has 0 fully saturated rings. The number of hydrogen-bond donors (Lipinski definition) is 2. The van der Waals surface area contributed by atoms with Gasteiger partial charge in [0, 0.05) is 27.2 Å². The number of carbonyl (C=O) groups excluding carboxylic acids is 2. The summed E-state index contributed by atoms with van der Waals surface area (Å²) in [6.07, 6.45) is 1.21. The molecular weight excluding hydrogens is 160 g/mol. The van der Waals surface area contributed by atoms with Crippen LogP contribution in [0.25, 0.3) is 0 Å². The van der Waals surface area contributed by atoms with Gasteiger partial charge in [-0.3, -0.25) is 20.4 Å². The molecule has 0 aromatic carbocycles. The summed E-state index contributed by atoms with van der Waals surface area (Å²) in [5.41, 5.74) is 4.91. The van der Waals surface area contributed by atoms with E-state index in [2.05, 4.69) is 10.9 Å². The zero-order valence-electron chi connectivity index (χ0n) is 7.28. The Balaban J connectivity index is 3.38. The van der Waals surface area contributed by atoms with Crippen LogP contribution in [0.2, 0.25) is 0 Å².